The van der Waals surface area contributed by atoms with Crippen molar-refractivity contribution < 1.29 is 33.6 Å². The number of benzene rings is 3. The number of aliphatic carboxylic acids is 1. The molecule has 9 nitrogen and oxygen atoms in total. The molecule has 10 heteroatoms. The van der Waals surface area contributed by atoms with Crippen LogP contribution in [0.1, 0.15) is 48.1 Å². The number of rotatable bonds is 10. The Labute approximate surface area is 250 Å². The zero-order valence-electron chi connectivity index (χ0n) is 24.1. The molecule has 3 aromatic rings. The van der Waals surface area contributed by atoms with Gasteiger partial charge in [0.15, 0.2) is 11.5 Å². The van der Waals surface area contributed by atoms with Crippen molar-refractivity contribution in [2.24, 2.45) is 5.92 Å². The normalized spacial score (nSPS) is 19.5. The number of carboxylic acid groups (broad SMARTS) is 1. The fourth-order valence-electron chi connectivity index (χ4n) is 6.10. The van der Waals surface area contributed by atoms with Crippen LogP contribution in [-0.4, -0.2) is 56.0 Å². The molecule has 0 radical (unpaired) electrons. The van der Waals surface area contributed by atoms with E-state index in [9.17, 15) is 14.7 Å². The number of aryl methyl sites for hydroxylation is 2. The maximum atomic E-state index is 13.6. The summed E-state index contributed by atoms with van der Waals surface area (Å²) in [5, 5.41) is 14.3. The van der Waals surface area contributed by atoms with Crippen molar-refractivity contribution in [2.75, 3.05) is 39.4 Å². The summed E-state index contributed by atoms with van der Waals surface area (Å²) >= 11 is 6.33. The first-order valence-electron chi connectivity index (χ1n) is 14.0. The van der Waals surface area contributed by atoms with Crippen molar-refractivity contribution in [1.82, 2.24) is 4.90 Å². The number of methoxy groups -OCH3 is 2. The zero-order valence-corrected chi connectivity index (χ0v) is 24.9. The topological polar surface area (TPSA) is 107 Å². The van der Waals surface area contributed by atoms with Gasteiger partial charge in [0.05, 0.1) is 26.7 Å². The molecule has 3 aromatic carbocycles. The Balaban J connectivity index is 1.52. The Hall–Kier alpha value is -3.95. The maximum Gasteiger partial charge on any atom is 0.309 e. The van der Waals surface area contributed by atoms with Crippen LogP contribution < -0.4 is 24.3 Å². The Morgan fingerprint density at radius 2 is 1.69 bits per heavy atom. The van der Waals surface area contributed by atoms with Crippen LogP contribution >= 0.6 is 11.6 Å². The molecule has 0 saturated carbocycles. The standard InChI is InChI=1S/C32H35ClN2O7/c1-5-18-11-22(33)12-19(6-2)29(18)34-27(36)16-35-15-24(21-13-25(40-4)31-26(14-21)41-17-42-31)28(32(37)38)30(35)20-7-9-23(39-3)10-8-20/h7-14,24,28,30H,5-6,15-17H2,1-4H3,(H,34,36)(H,37,38)/t24-,28?,30+/m1/s1. The van der Waals surface area contributed by atoms with E-state index in [-0.39, 0.29) is 19.2 Å². The number of nitrogens with zero attached hydrogens (tertiary/aromatic N) is 1. The quantitative estimate of drug-likeness (QED) is 0.308. The molecule has 2 N–H and O–H groups in total. The summed E-state index contributed by atoms with van der Waals surface area (Å²) in [5.74, 6) is -0.367. The second-order valence-electron chi connectivity index (χ2n) is 10.4. The molecule has 3 atom stereocenters. The highest BCUT2D eigenvalue weighted by atomic mass is 35.5. The first-order chi connectivity index (χ1) is 20.3. The predicted molar refractivity (Wildman–Crippen MR) is 159 cm³/mol. The molecule has 0 aromatic heterocycles. The third-order valence-electron chi connectivity index (χ3n) is 8.09. The lowest BCUT2D eigenvalue weighted by Gasteiger charge is -2.27. The summed E-state index contributed by atoms with van der Waals surface area (Å²) in [6.45, 7) is 4.41. The van der Waals surface area contributed by atoms with Gasteiger partial charge >= 0.3 is 5.97 Å². The number of fused-ring (bicyclic) bond motifs is 1. The number of carbonyl (C=O) groups excluding carboxylic acids is 1. The van der Waals surface area contributed by atoms with Gasteiger partial charge in [-0.15, -0.1) is 0 Å². The molecule has 1 fully saturated rings. The van der Waals surface area contributed by atoms with Crippen LogP contribution in [0.25, 0.3) is 0 Å². The lowest BCUT2D eigenvalue weighted by Crippen LogP contribution is -2.35. The fraction of sp³-hybridized carbons (Fsp3) is 0.375. The number of likely N-dealkylation sites (tertiary alicyclic amines) is 1. The SMILES string of the molecule is CCc1cc(Cl)cc(CC)c1NC(=O)CN1C[C@H](c2cc(OC)c3c(c2)OCO3)C(C(=O)O)[C@@H]1c1ccc(OC)cc1. The lowest BCUT2D eigenvalue weighted by molar-refractivity contribution is -0.143. The smallest absolute Gasteiger partial charge is 0.309 e. The number of hydrogen-bond acceptors (Lipinski definition) is 7. The molecule has 42 heavy (non-hydrogen) atoms. The van der Waals surface area contributed by atoms with E-state index in [1.165, 1.54) is 7.11 Å². The number of ether oxygens (including phenoxy) is 4. The monoisotopic (exact) mass is 594 g/mol. The number of carboxylic acids is 1. The fourth-order valence-corrected chi connectivity index (χ4v) is 6.36. The second kappa shape index (κ2) is 12.5. The molecule has 2 heterocycles. The highest BCUT2D eigenvalue weighted by Gasteiger charge is 2.48. The van der Waals surface area contributed by atoms with Gasteiger partial charge in [-0.2, -0.15) is 0 Å². The summed E-state index contributed by atoms with van der Waals surface area (Å²) in [4.78, 5) is 28.5. The van der Waals surface area contributed by atoms with Crippen molar-refractivity contribution in [3.05, 3.63) is 75.8 Å². The van der Waals surface area contributed by atoms with Crippen LogP contribution in [0.3, 0.4) is 0 Å². The molecule has 1 unspecified atom stereocenters. The molecule has 0 aliphatic carbocycles. The van der Waals surface area contributed by atoms with E-state index >= 15 is 0 Å². The summed E-state index contributed by atoms with van der Waals surface area (Å²) in [6, 6.07) is 14.1. The van der Waals surface area contributed by atoms with E-state index in [1.807, 2.05) is 49.1 Å². The number of halogens is 1. The molecular weight excluding hydrogens is 560 g/mol. The van der Waals surface area contributed by atoms with Gasteiger partial charge in [-0.05, 0) is 71.5 Å². The van der Waals surface area contributed by atoms with Crippen LogP contribution in [0, 0.1) is 5.92 Å². The van der Waals surface area contributed by atoms with Gasteiger partial charge in [-0.3, -0.25) is 14.5 Å². The van der Waals surface area contributed by atoms with Gasteiger partial charge in [0.2, 0.25) is 18.4 Å². The first-order valence-corrected chi connectivity index (χ1v) is 14.3. The highest BCUT2D eigenvalue weighted by molar-refractivity contribution is 6.30. The number of nitrogens with one attached hydrogen (secondary N) is 1. The molecule has 0 spiro atoms. The Morgan fingerprint density at radius 1 is 1.00 bits per heavy atom. The van der Waals surface area contributed by atoms with Crippen LogP contribution in [-0.2, 0) is 22.4 Å². The minimum atomic E-state index is -0.959. The summed E-state index contributed by atoms with van der Waals surface area (Å²) in [5.41, 5.74) is 4.19. The molecule has 0 bridgehead atoms. The number of anilines is 1. The largest absolute Gasteiger partial charge is 0.497 e. The van der Waals surface area contributed by atoms with Gasteiger partial charge in [0, 0.05) is 29.2 Å². The number of amides is 1. The van der Waals surface area contributed by atoms with Gasteiger partial charge in [-0.25, -0.2) is 0 Å². The van der Waals surface area contributed by atoms with E-state index in [1.54, 1.807) is 25.3 Å². The van der Waals surface area contributed by atoms with Crippen molar-refractivity contribution >= 4 is 29.2 Å². The predicted octanol–water partition coefficient (Wildman–Crippen LogP) is 5.69. The molecule has 5 rings (SSSR count). The Kier molecular flexibility index (Phi) is 8.80. The zero-order chi connectivity index (χ0) is 30.0. The lowest BCUT2D eigenvalue weighted by atomic mass is 9.82. The number of carbonyl (C=O) groups is 2. The molecule has 2 aliphatic rings. The molecule has 1 saturated heterocycles. The van der Waals surface area contributed by atoms with Gasteiger partial charge < -0.3 is 29.4 Å². The van der Waals surface area contributed by atoms with Gasteiger partial charge in [0.25, 0.3) is 0 Å². The average Bonchev–Trinajstić information content (AvgIpc) is 3.62. The van der Waals surface area contributed by atoms with E-state index in [2.05, 4.69) is 5.32 Å². The first kappa shape index (κ1) is 29.5. The summed E-state index contributed by atoms with van der Waals surface area (Å²) in [6.07, 6.45) is 1.41. The number of hydrogen-bond donors (Lipinski definition) is 2. The highest BCUT2D eigenvalue weighted by Crippen LogP contribution is 2.50. The summed E-state index contributed by atoms with van der Waals surface area (Å²) in [7, 11) is 3.11. The Bertz CT molecular complexity index is 1450. The maximum absolute atomic E-state index is 13.6. The van der Waals surface area contributed by atoms with E-state index in [4.69, 9.17) is 30.5 Å². The van der Waals surface area contributed by atoms with E-state index in [0.717, 1.165) is 27.9 Å². The van der Waals surface area contributed by atoms with Crippen LogP contribution in [0.5, 0.6) is 23.0 Å². The van der Waals surface area contributed by atoms with Crippen molar-refractivity contribution in [3.63, 3.8) is 0 Å². The van der Waals surface area contributed by atoms with Crippen molar-refractivity contribution in [1.29, 1.82) is 0 Å². The molecule has 1 amide bonds. The third kappa shape index (κ3) is 5.71. The van der Waals surface area contributed by atoms with Crippen LogP contribution in [0.15, 0.2) is 48.5 Å². The Morgan fingerprint density at radius 3 is 2.29 bits per heavy atom. The summed E-state index contributed by atoms with van der Waals surface area (Å²) < 4.78 is 22.1. The third-order valence-corrected chi connectivity index (χ3v) is 8.31. The van der Waals surface area contributed by atoms with Crippen LogP contribution in [0.4, 0.5) is 5.69 Å². The molecule has 2 aliphatic heterocycles. The van der Waals surface area contributed by atoms with Crippen molar-refractivity contribution in [2.45, 2.75) is 38.6 Å². The minimum absolute atomic E-state index is 0.00635. The average molecular weight is 595 g/mol. The van der Waals surface area contributed by atoms with Gasteiger partial charge in [0.1, 0.15) is 5.75 Å². The van der Waals surface area contributed by atoms with Crippen LogP contribution in [0.2, 0.25) is 5.02 Å². The van der Waals surface area contributed by atoms with Crippen molar-refractivity contribution in [3.8, 4) is 23.0 Å². The molecular formula is C32H35ClN2O7. The minimum Gasteiger partial charge on any atom is -0.497 e. The van der Waals surface area contributed by atoms with E-state index < -0.39 is 23.8 Å². The second-order valence-corrected chi connectivity index (χ2v) is 10.9. The van der Waals surface area contributed by atoms with E-state index in [0.29, 0.717) is 47.4 Å². The van der Waals surface area contributed by atoms with Gasteiger partial charge in [-0.1, -0.05) is 37.6 Å². The molecule has 222 valence electrons.